The number of ether oxygens (including phenoxy) is 2. The van der Waals surface area contributed by atoms with E-state index in [0.29, 0.717) is 18.3 Å². The molecule has 6 heteroatoms. The largest absolute Gasteiger partial charge is 0.381 e. The number of carbonyl (C=O) groups excluding carboxylic acids is 1. The van der Waals surface area contributed by atoms with Gasteiger partial charge in [-0.1, -0.05) is 0 Å². The summed E-state index contributed by atoms with van der Waals surface area (Å²) in [4.78, 5) is 20.2. The highest BCUT2D eigenvalue weighted by Gasteiger charge is 2.26. The van der Waals surface area contributed by atoms with Crippen LogP contribution >= 0.6 is 0 Å². The molecule has 0 bridgehead atoms. The Morgan fingerprint density at radius 3 is 2.20 bits per heavy atom. The third-order valence-electron chi connectivity index (χ3n) is 6.92. The first kappa shape index (κ1) is 21.6. The maximum atomic E-state index is 13.4. The number of morpholine rings is 1. The lowest BCUT2D eigenvalue weighted by Gasteiger charge is -2.34. The van der Waals surface area contributed by atoms with Crippen LogP contribution in [0.5, 0.6) is 0 Å². The molecule has 3 aliphatic heterocycles. The third-order valence-corrected chi connectivity index (χ3v) is 6.92. The average molecular weight is 416 g/mol. The van der Waals surface area contributed by atoms with E-state index in [-0.39, 0.29) is 5.91 Å². The maximum absolute atomic E-state index is 13.4. The monoisotopic (exact) mass is 415 g/mol. The number of anilines is 2. The summed E-state index contributed by atoms with van der Waals surface area (Å²) in [5.41, 5.74) is 2.26. The molecule has 0 unspecified atom stereocenters. The second kappa shape index (κ2) is 10.6. The topological polar surface area (TPSA) is 45.2 Å². The van der Waals surface area contributed by atoms with Gasteiger partial charge in [0.2, 0.25) is 5.91 Å². The van der Waals surface area contributed by atoms with Crippen molar-refractivity contribution in [3.05, 3.63) is 24.3 Å². The Balaban J connectivity index is 1.46. The van der Waals surface area contributed by atoms with Gasteiger partial charge in [-0.15, -0.1) is 0 Å². The summed E-state index contributed by atoms with van der Waals surface area (Å²) in [6.45, 7) is 8.12. The number of likely N-dealkylation sites (tertiary alicyclic amines) is 1. The van der Waals surface area contributed by atoms with E-state index < -0.39 is 0 Å². The van der Waals surface area contributed by atoms with Crippen LogP contribution in [0.15, 0.2) is 24.3 Å². The Labute approximate surface area is 181 Å². The zero-order chi connectivity index (χ0) is 20.8. The van der Waals surface area contributed by atoms with E-state index in [1.165, 1.54) is 18.5 Å². The van der Waals surface area contributed by atoms with Crippen molar-refractivity contribution in [2.45, 2.75) is 32.1 Å². The summed E-state index contributed by atoms with van der Waals surface area (Å²) < 4.78 is 11.0. The first-order chi connectivity index (χ1) is 14.7. The van der Waals surface area contributed by atoms with Crippen LogP contribution < -0.4 is 9.80 Å². The van der Waals surface area contributed by atoms with Crippen LogP contribution in [0.2, 0.25) is 0 Å². The molecule has 3 saturated heterocycles. The zero-order valence-corrected chi connectivity index (χ0v) is 18.4. The van der Waals surface area contributed by atoms with Gasteiger partial charge in [-0.3, -0.25) is 4.79 Å². The first-order valence-electron chi connectivity index (χ1n) is 11.7. The molecule has 3 heterocycles. The number of piperidine rings is 1. The predicted molar refractivity (Wildman–Crippen MR) is 120 cm³/mol. The normalized spacial score (nSPS) is 22.2. The average Bonchev–Trinajstić information content (AvgIpc) is 2.80. The SMILES string of the molecule is CN1CCC(CN(C(=O)CC2CCOCC2)c2ccc(N3CCOCC3)cc2)CC1. The maximum Gasteiger partial charge on any atom is 0.227 e. The van der Waals surface area contributed by atoms with Crippen molar-refractivity contribution in [2.24, 2.45) is 11.8 Å². The summed E-state index contributed by atoms with van der Waals surface area (Å²) in [5, 5.41) is 0. The molecule has 0 saturated carbocycles. The van der Waals surface area contributed by atoms with Crippen LogP contribution in [0.4, 0.5) is 11.4 Å². The van der Waals surface area contributed by atoms with Crippen molar-refractivity contribution in [3.8, 4) is 0 Å². The Kier molecular flexibility index (Phi) is 7.63. The van der Waals surface area contributed by atoms with Gasteiger partial charge < -0.3 is 24.2 Å². The van der Waals surface area contributed by atoms with Gasteiger partial charge in [0.05, 0.1) is 13.2 Å². The second-order valence-electron chi connectivity index (χ2n) is 9.13. The number of carbonyl (C=O) groups is 1. The minimum absolute atomic E-state index is 0.278. The van der Waals surface area contributed by atoms with E-state index in [4.69, 9.17) is 9.47 Å². The number of nitrogens with zero attached hydrogens (tertiary/aromatic N) is 3. The van der Waals surface area contributed by atoms with Crippen LogP contribution in [0.3, 0.4) is 0 Å². The van der Waals surface area contributed by atoms with Gasteiger partial charge in [0.25, 0.3) is 0 Å². The molecular weight excluding hydrogens is 378 g/mol. The molecule has 0 N–H and O–H groups in total. The van der Waals surface area contributed by atoms with Crippen LogP contribution in [-0.2, 0) is 14.3 Å². The molecule has 1 amide bonds. The predicted octanol–water partition coefficient (Wildman–Crippen LogP) is 3.01. The lowest BCUT2D eigenvalue weighted by molar-refractivity contribution is -0.120. The van der Waals surface area contributed by atoms with Crippen LogP contribution in [0.25, 0.3) is 0 Å². The highest BCUT2D eigenvalue weighted by molar-refractivity contribution is 5.93. The highest BCUT2D eigenvalue weighted by Crippen LogP contribution is 2.27. The first-order valence-corrected chi connectivity index (χ1v) is 11.7. The number of hydrogen-bond donors (Lipinski definition) is 0. The molecular formula is C24H37N3O3. The van der Waals surface area contributed by atoms with Gasteiger partial charge in [0.1, 0.15) is 0 Å². The number of hydrogen-bond acceptors (Lipinski definition) is 5. The van der Waals surface area contributed by atoms with E-state index in [9.17, 15) is 4.79 Å². The molecule has 1 aromatic carbocycles. The fourth-order valence-corrected chi connectivity index (χ4v) is 4.83. The molecule has 1 aromatic rings. The zero-order valence-electron chi connectivity index (χ0n) is 18.4. The summed E-state index contributed by atoms with van der Waals surface area (Å²) in [5.74, 6) is 1.32. The lowest BCUT2D eigenvalue weighted by Crippen LogP contribution is -2.41. The molecule has 0 radical (unpaired) electrons. The van der Waals surface area contributed by atoms with E-state index in [1.807, 2.05) is 0 Å². The molecule has 3 aliphatic rings. The summed E-state index contributed by atoms with van der Waals surface area (Å²) >= 11 is 0. The minimum Gasteiger partial charge on any atom is -0.381 e. The van der Waals surface area contributed by atoms with Crippen molar-refractivity contribution in [2.75, 3.05) is 76.0 Å². The quantitative estimate of drug-likeness (QED) is 0.715. The molecule has 6 nitrogen and oxygen atoms in total. The molecule has 0 aliphatic carbocycles. The molecule has 0 aromatic heterocycles. The summed E-state index contributed by atoms with van der Waals surface area (Å²) in [6, 6.07) is 8.62. The smallest absolute Gasteiger partial charge is 0.227 e. The Morgan fingerprint density at radius 2 is 1.53 bits per heavy atom. The van der Waals surface area contributed by atoms with Crippen molar-refractivity contribution >= 4 is 17.3 Å². The molecule has 4 rings (SSSR count). The molecule has 30 heavy (non-hydrogen) atoms. The van der Waals surface area contributed by atoms with E-state index in [2.05, 4.69) is 46.0 Å². The molecule has 0 atom stereocenters. The molecule has 3 fully saturated rings. The van der Waals surface area contributed by atoms with Gasteiger partial charge in [-0.2, -0.15) is 0 Å². The lowest BCUT2D eigenvalue weighted by atomic mass is 9.93. The number of amides is 1. The summed E-state index contributed by atoms with van der Waals surface area (Å²) in [6.07, 6.45) is 4.99. The van der Waals surface area contributed by atoms with Crippen LogP contribution in [-0.4, -0.2) is 77.0 Å². The number of benzene rings is 1. The highest BCUT2D eigenvalue weighted by atomic mass is 16.5. The van der Waals surface area contributed by atoms with Crippen molar-refractivity contribution in [1.29, 1.82) is 0 Å². The van der Waals surface area contributed by atoms with Gasteiger partial charge >= 0.3 is 0 Å². The van der Waals surface area contributed by atoms with Crippen molar-refractivity contribution < 1.29 is 14.3 Å². The van der Waals surface area contributed by atoms with Crippen LogP contribution in [0, 0.1) is 11.8 Å². The van der Waals surface area contributed by atoms with Gasteiger partial charge in [0, 0.05) is 50.6 Å². The fraction of sp³-hybridized carbons (Fsp3) is 0.708. The minimum atomic E-state index is 0.278. The standard InChI is InChI=1S/C24H37N3O3/c1-25-10-6-21(7-11-25)19-27(24(28)18-20-8-14-29-15-9-20)23-4-2-22(3-5-23)26-12-16-30-17-13-26/h2-5,20-21H,6-19H2,1H3. The van der Waals surface area contributed by atoms with Crippen molar-refractivity contribution in [1.82, 2.24) is 4.90 Å². The van der Waals surface area contributed by atoms with Gasteiger partial charge in [-0.05, 0) is 81.9 Å². The van der Waals surface area contributed by atoms with Gasteiger partial charge in [0.15, 0.2) is 0 Å². The Hall–Kier alpha value is -1.63. The van der Waals surface area contributed by atoms with E-state index in [0.717, 1.165) is 77.7 Å². The summed E-state index contributed by atoms with van der Waals surface area (Å²) in [7, 11) is 2.19. The Morgan fingerprint density at radius 1 is 0.900 bits per heavy atom. The second-order valence-corrected chi connectivity index (χ2v) is 9.13. The molecule has 166 valence electrons. The van der Waals surface area contributed by atoms with Crippen LogP contribution in [0.1, 0.15) is 32.1 Å². The van der Waals surface area contributed by atoms with Gasteiger partial charge in [-0.25, -0.2) is 0 Å². The van der Waals surface area contributed by atoms with Crippen molar-refractivity contribution in [3.63, 3.8) is 0 Å². The van der Waals surface area contributed by atoms with E-state index >= 15 is 0 Å². The fourth-order valence-electron chi connectivity index (χ4n) is 4.83. The van der Waals surface area contributed by atoms with E-state index in [1.54, 1.807) is 0 Å². The molecule has 0 spiro atoms. The number of rotatable bonds is 6. The Bertz CT molecular complexity index is 661. The third kappa shape index (κ3) is 5.74.